The van der Waals surface area contributed by atoms with Crippen molar-refractivity contribution in [3.8, 4) is 17.4 Å². The second-order valence-corrected chi connectivity index (χ2v) is 6.50. The molecule has 0 saturated heterocycles. The summed E-state index contributed by atoms with van der Waals surface area (Å²) in [6.45, 7) is 1.76. The Balaban J connectivity index is 1.88. The number of halogens is 1. The smallest absolute Gasteiger partial charge is 0.336 e. The molecule has 1 aromatic heterocycles. The van der Waals surface area contributed by atoms with E-state index < -0.39 is 11.9 Å². The van der Waals surface area contributed by atoms with E-state index in [9.17, 15) is 20.0 Å². The number of carboxylic acid groups (broad SMARTS) is 1. The van der Waals surface area contributed by atoms with Gasteiger partial charge in [0.15, 0.2) is 0 Å². The number of nitriles is 1. The molecule has 0 fully saturated rings. The molecule has 0 bridgehead atoms. The second-order valence-electron chi connectivity index (χ2n) is 6.09. The summed E-state index contributed by atoms with van der Waals surface area (Å²) >= 11 is 6.05. The van der Waals surface area contributed by atoms with E-state index in [0.29, 0.717) is 27.6 Å². The zero-order valence-corrected chi connectivity index (χ0v) is 16.0. The van der Waals surface area contributed by atoms with Gasteiger partial charge < -0.3 is 14.8 Å². The van der Waals surface area contributed by atoms with Crippen molar-refractivity contribution in [1.82, 2.24) is 0 Å². The van der Waals surface area contributed by atoms with Gasteiger partial charge in [0.25, 0.3) is 5.91 Å². The first kappa shape index (κ1) is 19.9. The summed E-state index contributed by atoms with van der Waals surface area (Å²) in [5.74, 6) is -1.13. The summed E-state index contributed by atoms with van der Waals surface area (Å²) in [6.07, 6.45) is 1.29. The number of furan rings is 1. The fourth-order valence-electron chi connectivity index (χ4n) is 2.68. The van der Waals surface area contributed by atoms with Crippen molar-refractivity contribution in [1.29, 1.82) is 5.26 Å². The molecule has 1 heterocycles. The fourth-order valence-corrected chi connectivity index (χ4v) is 2.86. The summed E-state index contributed by atoms with van der Waals surface area (Å²) in [6, 6.07) is 16.5. The number of nitrogens with one attached hydrogen (secondary N) is 1. The minimum Gasteiger partial charge on any atom is -0.478 e. The van der Waals surface area contributed by atoms with Gasteiger partial charge in [-0.3, -0.25) is 4.79 Å². The molecule has 7 heteroatoms. The number of amides is 1. The van der Waals surface area contributed by atoms with Crippen LogP contribution in [0.25, 0.3) is 17.4 Å². The standard InChI is InChI=1S/C22H15ClN2O4/c1-13-18(23)7-4-8-19(13)25-21(26)14(12-24)11-15-9-10-20(29-15)16-5-2-3-6-17(16)22(27)28/h2-11H,1H3,(H,25,26)(H,27,28)/b14-11+. The first-order valence-corrected chi connectivity index (χ1v) is 8.89. The molecule has 3 rings (SSSR count). The Morgan fingerprint density at radius 2 is 1.90 bits per heavy atom. The van der Waals surface area contributed by atoms with Crippen LogP contribution in [0.3, 0.4) is 0 Å². The van der Waals surface area contributed by atoms with Crippen LogP contribution >= 0.6 is 11.6 Å². The maximum atomic E-state index is 12.5. The molecule has 0 aliphatic rings. The Kier molecular flexibility index (Phi) is 5.82. The highest BCUT2D eigenvalue weighted by molar-refractivity contribution is 6.31. The fraction of sp³-hybridized carbons (Fsp3) is 0.0455. The summed E-state index contributed by atoms with van der Waals surface area (Å²) in [4.78, 5) is 23.8. The van der Waals surface area contributed by atoms with Crippen LogP contribution in [-0.4, -0.2) is 17.0 Å². The Labute approximate surface area is 171 Å². The predicted molar refractivity (Wildman–Crippen MR) is 110 cm³/mol. The quantitative estimate of drug-likeness (QED) is 0.450. The molecule has 3 aromatic rings. The average molecular weight is 407 g/mol. The van der Waals surface area contributed by atoms with E-state index in [-0.39, 0.29) is 16.9 Å². The van der Waals surface area contributed by atoms with Crippen molar-refractivity contribution in [2.75, 3.05) is 5.32 Å². The molecule has 1 amide bonds. The second kappa shape index (κ2) is 8.46. The van der Waals surface area contributed by atoms with Gasteiger partial charge in [0.05, 0.1) is 5.56 Å². The summed E-state index contributed by atoms with van der Waals surface area (Å²) in [7, 11) is 0. The maximum Gasteiger partial charge on any atom is 0.336 e. The van der Waals surface area contributed by atoms with Crippen LogP contribution in [0.2, 0.25) is 5.02 Å². The molecule has 2 aromatic carbocycles. The van der Waals surface area contributed by atoms with Crippen LogP contribution in [0.4, 0.5) is 5.69 Å². The Morgan fingerprint density at radius 3 is 2.62 bits per heavy atom. The number of nitrogens with zero attached hydrogens (tertiary/aromatic N) is 1. The highest BCUT2D eigenvalue weighted by atomic mass is 35.5. The van der Waals surface area contributed by atoms with Gasteiger partial charge in [-0.2, -0.15) is 5.26 Å². The van der Waals surface area contributed by atoms with Crippen molar-refractivity contribution < 1.29 is 19.1 Å². The average Bonchev–Trinajstić information content (AvgIpc) is 3.18. The van der Waals surface area contributed by atoms with Crippen LogP contribution in [-0.2, 0) is 4.79 Å². The summed E-state index contributed by atoms with van der Waals surface area (Å²) in [5, 5.41) is 21.8. The van der Waals surface area contributed by atoms with Gasteiger partial charge in [-0.05, 0) is 42.8 Å². The summed E-state index contributed by atoms with van der Waals surface area (Å²) in [5.41, 5.74) is 1.51. The minimum absolute atomic E-state index is 0.0899. The van der Waals surface area contributed by atoms with Crippen LogP contribution in [0.5, 0.6) is 0 Å². The molecule has 0 unspecified atom stereocenters. The van der Waals surface area contributed by atoms with Crippen LogP contribution in [0.15, 0.2) is 64.6 Å². The van der Waals surface area contributed by atoms with E-state index in [0.717, 1.165) is 0 Å². The number of carbonyl (C=O) groups is 2. The van der Waals surface area contributed by atoms with Crippen molar-refractivity contribution >= 4 is 35.2 Å². The number of anilines is 1. The SMILES string of the molecule is Cc1c(Cl)cccc1NC(=O)/C(C#N)=C/c1ccc(-c2ccccc2C(=O)O)o1. The van der Waals surface area contributed by atoms with E-state index in [2.05, 4.69) is 5.32 Å². The molecule has 0 spiro atoms. The molecular weight excluding hydrogens is 392 g/mol. The number of carbonyl (C=O) groups excluding carboxylic acids is 1. The molecule has 144 valence electrons. The molecule has 0 atom stereocenters. The van der Waals surface area contributed by atoms with Crippen LogP contribution in [0, 0.1) is 18.3 Å². The molecule has 29 heavy (non-hydrogen) atoms. The lowest BCUT2D eigenvalue weighted by atomic mass is 10.1. The van der Waals surface area contributed by atoms with E-state index >= 15 is 0 Å². The molecule has 2 N–H and O–H groups in total. The zero-order chi connectivity index (χ0) is 21.0. The zero-order valence-electron chi connectivity index (χ0n) is 15.3. The lowest BCUT2D eigenvalue weighted by Gasteiger charge is -2.08. The number of hydrogen-bond donors (Lipinski definition) is 2. The van der Waals surface area contributed by atoms with E-state index in [1.165, 1.54) is 12.1 Å². The highest BCUT2D eigenvalue weighted by Crippen LogP contribution is 2.27. The maximum absolute atomic E-state index is 12.5. The number of carboxylic acids is 1. The van der Waals surface area contributed by atoms with Crippen LogP contribution < -0.4 is 5.32 Å². The first-order valence-electron chi connectivity index (χ1n) is 8.51. The molecule has 0 radical (unpaired) electrons. The molecule has 0 aliphatic heterocycles. The number of hydrogen-bond acceptors (Lipinski definition) is 4. The lowest BCUT2D eigenvalue weighted by Crippen LogP contribution is -2.14. The topological polar surface area (TPSA) is 103 Å². The van der Waals surface area contributed by atoms with E-state index in [4.69, 9.17) is 16.0 Å². The van der Waals surface area contributed by atoms with Gasteiger partial charge in [-0.25, -0.2) is 4.79 Å². The Hall–Kier alpha value is -3.82. The molecule has 0 saturated carbocycles. The van der Waals surface area contributed by atoms with Gasteiger partial charge in [-0.1, -0.05) is 35.9 Å². The number of rotatable bonds is 5. The minimum atomic E-state index is -1.08. The van der Waals surface area contributed by atoms with Gasteiger partial charge in [-0.15, -0.1) is 0 Å². The molecule has 0 aliphatic carbocycles. The van der Waals surface area contributed by atoms with Crippen LogP contribution in [0.1, 0.15) is 21.7 Å². The molecular formula is C22H15ClN2O4. The lowest BCUT2D eigenvalue weighted by molar-refractivity contribution is -0.112. The third-order valence-electron chi connectivity index (χ3n) is 4.22. The number of aromatic carboxylic acids is 1. The number of benzene rings is 2. The predicted octanol–water partition coefficient (Wildman–Crippen LogP) is 5.15. The molecule has 6 nitrogen and oxygen atoms in total. The van der Waals surface area contributed by atoms with Gasteiger partial charge in [0, 0.05) is 22.3 Å². The summed E-state index contributed by atoms with van der Waals surface area (Å²) < 4.78 is 5.64. The Bertz CT molecular complexity index is 1170. The highest BCUT2D eigenvalue weighted by Gasteiger charge is 2.16. The van der Waals surface area contributed by atoms with Crippen molar-refractivity contribution in [2.45, 2.75) is 6.92 Å². The first-order chi connectivity index (χ1) is 13.9. The third kappa shape index (κ3) is 4.37. The van der Waals surface area contributed by atoms with E-state index in [1.54, 1.807) is 55.5 Å². The van der Waals surface area contributed by atoms with Gasteiger partial charge >= 0.3 is 5.97 Å². The third-order valence-corrected chi connectivity index (χ3v) is 4.63. The van der Waals surface area contributed by atoms with Gasteiger partial charge in [0.2, 0.25) is 0 Å². The van der Waals surface area contributed by atoms with Crippen molar-refractivity contribution in [2.24, 2.45) is 0 Å². The largest absolute Gasteiger partial charge is 0.478 e. The van der Waals surface area contributed by atoms with Crippen molar-refractivity contribution in [3.63, 3.8) is 0 Å². The monoisotopic (exact) mass is 406 g/mol. The normalized spacial score (nSPS) is 11.0. The Morgan fingerprint density at radius 1 is 1.14 bits per heavy atom. The van der Waals surface area contributed by atoms with Crippen molar-refractivity contribution in [3.05, 3.63) is 82.1 Å². The van der Waals surface area contributed by atoms with E-state index in [1.807, 2.05) is 6.07 Å². The van der Waals surface area contributed by atoms with Gasteiger partial charge in [0.1, 0.15) is 23.2 Å².